The van der Waals surface area contributed by atoms with Gasteiger partial charge in [0, 0.05) is 11.1 Å². The first kappa shape index (κ1) is 35.4. The third-order valence-electron chi connectivity index (χ3n) is 8.25. The van der Waals surface area contributed by atoms with Crippen molar-refractivity contribution in [1.82, 2.24) is 0 Å². The minimum atomic E-state index is -0.546. The topological polar surface area (TPSA) is 12.4 Å². The van der Waals surface area contributed by atoms with Crippen LogP contribution in [0.15, 0.2) is 111 Å². The van der Waals surface area contributed by atoms with Crippen LogP contribution in [0, 0.1) is 11.3 Å². The largest absolute Gasteiger partial charge is 0.278 e. The first-order valence-electron chi connectivity index (χ1n) is 15.4. The lowest BCUT2D eigenvalue weighted by molar-refractivity contribution is 0.238. The Labute approximate surface area is 248 Å². The molecule has 40 heavy (non-hydrogen) atoms. The fourth-order valence-corrected chi connectivity index (χ4v) is 6.19. The zero-order chi connectivity index (χ0) is 30.5. The highest BCUT2D eigenvalue weighted by Crippen LogP contribution is 2.52. The molecule has 0 aromatic carbocycles. The molecule has 1 nitrogen and oxygen atoms in total. The molecule has 1 rings (SSSR count). The summed E-state index contributed by atoms with van der Waals surface area (Å²) in [6.07, 6.45) is 27.2. The van der Waals surface area contributed by atoms with Gasteiger partial charge in [-0.2, -0.15) is 0 Å². The molecule has 0 saturated heterocycles. The normalized spacial score (nSPS) is 25.1. The van der Waals surface area contributed by atoms with Crippen LogP contribution in [-0.4, -0.2) is 11.3 Å². The summed E-state index contributed by atoms with van der Waals surface area (Å²) in [5.41, 5.74) is 9.53. The van der Waals surface area contributed by atoms with Gasteiger partial charge in [-0.1, -0.05) is 106 Å². The third-order valence-corrected chi connectivity index (χ3v) is 8.25. The average molecular weight is 542 g/mol. The molecule has 0 aromatic rings. The van der Waals surface area contributed by atoms with E-state index in [1.165, 1.54) is 44.7 Å². The van der Waals surface area contributed by atoms with E-state index in [0.717, 1.165) is 32.1 Å². The Hall–Kier alpha value is -2.67. The molecule has 1 heteroatoms. The number of allylic oxidation sites excluding steroid dienone is 14. The summed E-state index contributed by atoms with van der Waals surface area (Å²) in [7, 11) is 0. The highest BCUT2D eigenvalue weighted by Gasteiger charge is 2.49. The Morgan fingerprint density at radius 1 is 1.02 bits per heavy atom. The van der Waals surface area contributed by atoms with E-state index in [1.807, 2.05) is 0 Å². The van der Waals surface area contributed by atoms with Crippen molar-refractivity contribution >= 4 is 5.71 Å². The van der Waals surface area contributed by atoms with Crippen LogP contribution in [0.1, 0.15) is 115 Å². The molecule has 0 aliphatic carbocycles. The molecule has 2 unspecified atom stereocenters. The molecule has 0 amide bonds. The first-order chi connectivity index (χ1) is 18.8. The summed E-state index contributed by atoms with van der Waals surface area (Å²) in [6.45, 7) is 31.5. The highest BCUT2D eigenvalue weighted by atomic mass is 14.9. The van der Waals surface area contributed by atoms with Gasteiger partial charge in [-0.25, -0.2) is 0 Å². The summed E-state index contributed by atoms with van der Waals surface area (Å²) in [5.74, 6) is 0.546. The fourth-order valence-electron chi connectivity index (χ4n) is 6.19. The van der Waals surface area contributed by atoms with E-state index in [0.29, 0.717) is 5.92 Å². The van der Waals surface area contributed by atoms with Crippen molar-refractivity contribution in [2.45, 2.75) is 121 Å². The van der Waals surface area contributed by atoms with Crippen molar-refractivity contribution in [3.05, 3.63) is 106 Å². The second kappa shape index (κ2) is 16.6. The summed E-state index contributed by atoms with van der Waals surface area (Å²) in [4.78, 5) is 5.83. The lowest BCUT2D eigenvalue weighted by atomic mass is 9.60. The maximum absolute atomic E-state index is 5.83. The Kier molecular flexibility index (Phi) is 14.6. The fraction of sp³-hybridized carbons (Fsp3) is 0.513. The van der Waals surface area contributed by atoms with E-state index >= 15 is 0 Å². The second-order valence-corrected chi connectivity index (χ2v) is 12.3. The van der Waals surface area contributed by atoms with E-state index in [-0.39, 0.29) is 5.41 Å². The third kappa shape index (κ3) is 8.92. The van der Waals surface area contributed by atoms with Gasteiger partial charge >= 0.3 is 0 Å². The van der Waals surface area contributed by atoms with Gasteiger partial charge in [-0.05, 0) is 121 Å². The Morgan fingerprint density at radius 2 is 1.68 bits per heavy atom. The highest BCUT2D eigenvalue weighted by molar-refractivity contribution is 5.83. The molecule has 1 heterocycles. The maximum Gasteiger partial charge on any atom is 0.112 e. The van der Waals surface area contributed by atoms with Crippen LogP contribution < -0.4 is 0 Å². The molecule has 0 fully saturated rings. The predicted octanol–water partition coefficient (Wildman–Crippen LogP) is 12.2. The minimum Gasteiger partial charge on any atom is -0.278 e. The number of rotatable bonds is 8. The van der Waals surface area contributed by atoms with Crippen molar-refractivity contribution in [3.8, 4) is 0 Å². The van der Waals surface area contributed by atoms with Crippen LogP contribution in [-0.2, 0) is 0 Å². The van der Waals surface area contributed by atoms with Gasteiger partial charge in [0.25, 0.3) is 0 Å². The molecule has 220 valence electrons. The van der Waals surface area contributed by atoms with Crippen molar-refractivity contribution < 1.29 is 0 Å². The lowest BCUT2D eigenvalue weighted by Gasteiger charge is -2.48. The van der Waals surface area contributed by atoms with Gasteiger partial charge < -0.3 is 0 Å². The molecular formula is C39H59N. The van der Waals surface area contributed by atoms with Crippen molar-refractivity contribution in [2.75, 3.05) is 0 Å². The molecule has 0 bridgehead atoms. The first-order valence-corrected chi connectivity index (χ1v) is 15.4. The second-order valence-electron chi connectivity index (χ2n) is 12.3. The zero-order valence-electron chi connectivity index (χ0n) is 28.0. The van der Waals surface area contributed by atoms with E-state index in [1.54, 1.807) is 0 Å². The zero-order valence-corrected chi connectivity index (χ0v) is 28.0. The van der Waals surface area contributed by atoms with E-state index in [2.05, 4.69) is 150 Å². The van der Waals surface area contributed by atoms with Crippen LogP contribution in [0.3, 0.4) is 0 Å². The maximum atomic E-state index is 5.83. The molecule has 0 aromatic heterocycles. The predicted molar refractivity (Wildman–Crippen MR) is 183 cm³/mol. The Morgan fingerprint density at radius 3 is 2.20 bits per heavy atom. The molecule has 1 aliphatic heterocycles. The number of nitrogens with zero attached hydrogens (tertiary/aromatic N) is 1. The summed E-state index contributed by atoms with van der Waals surface area (Å²) in [6, 6.07) is 0. The Bertz CT molecular complexity index is 1150. The monoisotopic (exact) mass is 541 g/mol. The number of hydrogen-bond donors (Lipinski definition) is 0. The SMILES string of the molecule is C=C1CCC(C)CC(C)=NC(C(/C=C\C)=C(C)C)(/C(C)=C/C(=C\C)C(=C/C=C\C)/CC)C(C)(C)C/C1=C\C=C/C. The number of hydrogen-bond acceptors (Lipinski definition) is 1. The molecule has 0 N–H and O–H groups in total. The standard InChI is InChI=1S/C39H59N/c1-14-19-22-34(17-4)35(18-5)27-32(10)39(37(21-16-3)29(6)7)38(12,13)28-36(23-20-15-2)31(9)25-24-30(8)26-33(11)40-39/h14-16,18-23,27,30H,9,17,24-26,28H2,1-8,10-13H3/b19-14-,20-15-,21-16-,32-27+,34-22+,35-18+,36-23+,40-33?. The van der Waals surface area contributed by atoms with Crippen molar-refractivity contribution in [1.29, 1.82) is 0 Å². The van der Waals surface area contributed by atoms with Gasteiger partial charge in [0.15, 0.2) is 0 Å². The van der Waals surface area contributed by atoms with Crippen LogP contribution in [0.4, 0.5) is 0 Å². The summed E-state index contributed by atoms with van der Waals surface area (Å²) < 4.78 is 0. The molecular weight excluding hydrogens is 482 g/mol. The van der Waals surface area contributed by atoms with Crippen LogP contribution in [0.5, 0.6) is 0 Å². The molecule has 1 aliphatic rings. The minimum absolute atomic E-state index is 0.233. The van der Waals surface area contributed by atoms with Gasteiger partial charge in [-0.15, -0.1) is 0 Å². The van der Waals surface area contributed by atoms with E-state index in [9.17, 15) is 0 Å². The van der Waals surface area contributed by atoms with Crippen LogP contribution in [0.2, 0.25) is 0 Å². The molecule has 0 radical (unpaired) electrons. The lowest BCUT2D eigenvalue weighted by Crippen LogP contribution is -2.47. The van der Waals surface area contributed by atoms with Gasteiger partial charge in [-0.3, -0.25) is 4.99 Å². The van der Waals surface area contributed by atoms with Crippen LogP contribution in [0.25, 0.3) is 0 Å². The van der Waals surface area contributed by atoms with Crippen molar-refractivity contribution in [3.63, 3.8) is 0 Å². The van der Waals surface area contributed by atoms with Gasteiger partial charge in [0.1, 0.15) is 5.54 Å². The van der Waals surface area contributed by atoms with Gasteiger partial charge in [0.2, 0.25) is 0 Å². The Balaban J connectivity index is 4.34. The van der Waals surface area contributed by atoms with Crippen molar-refractivity contribution in [2.24, 2.45) is 16.3 Å². The molecule has 2 atom stereocenters. The smallest absolute Gasteiger partial charge is 0.112 e. The summed E-state index contributed by atoms with van der Waals surface area (Å²) in [5, 5.41) is 0. The quantitative estimate of drug-likeness (QED) is 0.271. The van der Waals surface area contributed by atoms with E-state index in [4.69, 9.17) is 4.99 Å². The van der Waals surface area contributed by atoms with Gasteiger partial charge in [0.05, 0.1) is 0 Å². The number of aliphatic imine (C=N–C) groups is 1. The average Bonchev–Trinajstić information content (AvgIpc) is 2.91. The van der Waals surface area contributed by atoms with E-state index < -0.39 is 5.54 Å². The molecule has 0 saturated carbocycles. The van der Waals surface area contributed by atoms with Crippen LogP contribution >= 0.6 is 0 Å². The molecule has 0 spiro atoms. The summed E-state index contributed by atoms with van der Waals surface area (Å²) >= 11 is 0.